The zero-order valence-electron chi connectivity index (χ0n) is 18.6. The van der Waals surface area contributed by atoms with Crippen LogP contribution in [0.5, 0.6) is 0 Å². The van der Waals surface area contributed by atoms with Crippen LogP contribution in [0.2, 0.25) is 0 Å². The second-order valence-electron chi connectivity index (χ2n) is 9.24. The number of aromatic nitrogens is 2. The number of imidazole rings is 1. The number of hydrogen-bond acceptors (Lipinski definition) is 4. The molecule has 32 heavy (non-hydrogen) atoms. The maximum absolute atomic E-state index is 13.3. The van der Waals surface area contributed by atoms with Gasteiger partial charge >= 0.3 is 0 Å². The number of rotatable bonds is 6. The topological polar surface area (TPSA) is 55.2 Å². The molecule has 0 radical (unpaired) electrons. The zero-order chi connectivity index (χ0) is 22.1. The molecule has 2 aliphatic rings. The maximum atomic E-state index is 13.3. The monoisotopic (exact) mass is 469 g/mol. The summed E-state index contributed by atoms with van der Waals surface area (Å²) in [5.41, 5.74) is 3.11. The van der Waals surface area contributed by atoms with Crippen molar-refractivity contribution in [1.82, 2.24) is 13.9 Å². The van der Waals surface area contributed by atoms with Crippen LogP contribution in [0.4, 0.5) is 0 Å². The number of fused-ring (bicyclic) bond motifs is 1. The lowest BCUT2D eigenvalue weighted by Crippen LogP contribution is -2.39. The van der Waals surface area contributed by atoms with Gasteiger partial charge in [-0.25, -0.2) is 13.4 Å². The predicted molar refractivity (Wildman–Crippen MR) is 130 cm³/mol. The van der Waals surface area contributed by atoms with Crippen LogP contribution in [0.3, 0.4) is 0 Å². The molecule has 1 saturated heterocycles. The second kappa shape index (κ2) is 9.20. The first-order valence-electron chi connectivity index (χ1n) is 11.7. The van der Waals surface area contributed by atoms with Crippen molar-refractivity contribution in [2.24, 2.45) is 5.92 Å². The van der Waals surface area contributed by atoms with E-state index in [-0.39, 0.29) is 0 Å². The van der Waals surface area contributed by atoms with Crippen LogP contribution in [0.25, 0.3) is 11.0 Å². The van der Waals surface area contributed by atoms with E-state index in [1.807, 2.05) is 12.1 Å². The Labute approximate surface area is 195 Å². The van der Waals surface area contributed by atoms with E-state index in [2.05, 4.69) is 35.8 Å². The van der Waals surface area contributed by atoms with Gasteiger partial charge in [-0.2, -0.15) is 4.31 Å². The Kier molecular flexibility index (Phi) is 6.32. The van der Waals surface area contributed by atoms with Gasteiger partial charge in [0, 0.05) is 24.9 Å². The average Bonchev–Trinajstić information content (AvgIpc) is 3.45. The molecule has 0 bridgehead atoms. The van der Waals surface area contributed by atoms with Crippen molar-refractivity contribution >= 4 is 32.8 Å². The smallest absolute Gasteiger partial charge is 0.243 e. The third-order valence-corrected chi connectivity index (χ3v) is 9.67. The molecule has 1 saturated carbocycles. The number of sulfonamides is 1. The summed E-state index contributed by atoms with van der Waals surface area (Å²) in [5, 5.41) is 0.997. The van der Waals surface area contributed by atoms with E-state index in [4.69, 9.17) is 4.98 Å². The molecule has 2 fully saturated rings. The molecule has 1 aliphatic heterocycles. The average molecular weight is 470 g/mol. The van der Waals surface area contributed by atoms with Gasteiger partial charge < -0.3 is 4.57 Å². The van der Waals surface area contributed by atoms with E-state index in [0.717, 1.165) is 47.6 Å². The summed E-state index contributed by atoms with van der Waals surface area (Å²) in [6, 6.07) is 16.4. The van der Waals surface area contributed by atoms with E-state index in [9.17, 15) is 8.42 Å². The number of thioether (sulfide) groups is 1. The van der Waals surface area contributed by atoms with Crippen molar-refractivity contribution in [3.05, 3.63) is 54.1 Å². The summed E-state index contributed by atoms with van der Waals surface area (Å²) in [6.45, 7) is 3.35. The summed E-state index contributed by atoms with van der Waals surface area (Å²) in [6.07, 6.45) is 6.84. The molecule has 5 nitrogen and oxygen atoms in total. The molecule has 2 heterocycles. The van der Waals surface area contributed by atoms with Gasteiger partial charge in [0.05, 0.1) is 15.9 Å². The number of benzene rings is 2. The molecule has 1 atom stereocenters. The van der Waals surface area contributed by atoms with Gasteiger partial charge in [-0.3, -0.25) is 0 Å². The third kappa shape index (κ3) is 4.35. The molecular formula is C25H31N3O2S2. The molecule has 1 unspecified atom stereocenters. The van der Waals surface area contributed by atoms with Gasteiger partial charge in [0.15, 0.2) is 5.16 Å². The molecule has 1 aromatic heterocycles. The summed E-state index contributed by atoms with van der Waals surface area (Å²) < 4.78 is 30.7. The van der Waals surface area contributed by atoms with Crippen LogP contribution in [0.1, 0.15) is 57.1 Å². The minimum atomic E-state index is -3.49. The van der Waals surface area contributed by atoms with Crippen LogP contribution >= 0.6 is 11.8 Å². The fraction of sp³-hybridized carbons (Fsp3) is 0.480. The zero-order valence-corrected chi connectivity index (χ0v) is 20.2. The number of hydrogen-bond donors (Lipinski definition) is 0. The lowest BCUT2D eigenvalue weighted by atomic mass is 10.0. The molecule has 5 rings (SSSR count). The van der Waals surface area contributed by atoms with Crippen LogP contribution < -0.4 is 0 Å². The first kappa shape index (κ1) is 22.0. The lowest BCUT2D eigenvalue weighted by molar-refractivity contribution is 0.281. The highest BCUT2D eigenvalue weighted by Crippen LogP contribution is 2.38. The van der Waals surface area contributed by atoms with E-state index < -0.39 is 10.0 Å². The Hall–Kier alpha value is -1.83. The molecular weight excluding hydrogens is 438 g/mol. The van der Waals surface area contributed by atoms with E-state index in [1.165, 1.54) is 18.4 Å². The predicted octanol–water partition coefficient (Wildman–Crippen LogP) is 5.86. The maximum Gasteiger partial charge on any atom is 0.243 e. The minimum absolute atomic E-state index is 0.370. The van der Waals surface area contributed by atoms with Crippen molar-refractivity contribution in [3.8, 4) is 0 Å². The largest absolute Gasteiger partial charge is 0.316 e. The van der Waals surface area contributed by atoms with Gasteiger partial charge in [-0.1, -0.05) is 61.9 Å². The van der Waals surface area contributed by atoms with Crippen molar-refractivity contribution in [2.45, 2.75) is 67.3 Å². The Bertz CT molecular complexity index is 1180. The van der Waals surface area contributed by atoms with Crippen molar-refractivity contribution < 1.29 is 8.42 Å². The molecule has 0 spiro atoms. The van der Waals surface area contributed by atoms with Crippen LogP contribution in [0, 0.1) is 5.92 Å². The van der Waals surface area contributed by atoms with Crippen molar-refractivity contribution in [1.29, 1.82) is 0 Å². The van der Waals surface area contributed by atoms with Gasteiger partial charge in [-0.15, -0.1) is 0 Å². The standard InChI is InChI=1S/C25H31N3O2S2/c1-19-8-7-15-27(17-19)32(29,30)22-13-14-24-23(16-22)26-25(28(24)21-11-5-6-12-21)31-18-20-9-3-2-4-10-20/h2-4,9-10,13-14,16,19,21H,5-8,11-12,15,17-18H2,1H3. The first-order valence-corrected chi connectivity index (χ1v) is 14.1. The third-order valence-electron chi connectivity index (χ3n) is 6.79. The van der Waals surface area contributed by atoms with Gasteiger partial charge in [0.2, 0.25) is 10.0 Å². The highest BCUT2D eigenvalue weighted by atomic mass is 32.2. The van der Waals surface area contributed by atoms with Gasteiger partial charge in [-0.05, 0) is 55.4 Å². The summed E-state index contributed by atoms with van der Waals surface area (Å²) in [7, 11) is -3.49. The van der Waals surface area contributed by atoms with Gasteiger partial charge in [0.25, 0.3) is 0 Å². The van der Waals surface area contributed by atoms with E-state index in [0.29, 0.717) is 29.9 Å². The summed E-state index contributed by atoms with van der Waals surface area (Å²) in [4.78, 5) is 5.32. The fourth-order valence-corrected chi connectivity index (χ4v) is 7.73. The molecule has 7 heteroatoms. The quantitative estimate of drug-likeness (QED) is 0.424. The Morgan fingerprint density at radius 1 is 1.03 bits per heavy atom. The molecule has 1 aliphatic carbocycles. The molecule has 3 aromatic rings. The highest BCUT2D eigenvalue weighted by Gasteiger charge is 2.30. The van der Waals surface area contributed by atoms with E-state index >= 15 is 0 Å². The van der Waals surface area contributed by atoms with Gasteiger partial charge in [0.1, 0.15) is 0 Å². The number of nitrogens with zero attached hydrogens (tertiary/aromatic N) is 3. The van der Waals surface area contributed by atoms with Crippen LogP contribution in [-0.2, 0) is 15.8 Å². The lowest BCUT2D eigenvalue weighted by Gasteiger charge is -2.30. The Morgan fingerprint density at radius 2 is 1.81 bits per heavy atom. The molecule has 170 valence electrons. The summed E-state index contributed by atoms with van der Waals surface area (Å²) >= 11 is 1.75. The Balaban J connectivity index is 1.50. The second-order valence-corrected chi connectivity index (χ2v) is 12.1. The van der Waals surface area contributed by atoms with Crippen molar-refractivity contribution in [2.75, 3.05) is 13.1 Å². The Morgan fingerprint density at radius 3 is 2.56 bits per heavy atom. The molecule has 0 amide bonds. The van der Waals surface area contributed by atoms with Crippen LogP contribution in [0.15, 0.2) is 58.6 Å². The van der Waals surface area contributed by atoms with Crippen LogP contribution in [-0.4, -0.2) is 35.4 Å². The van der Waals surface area contributed by atoms with Crippen molar-refractivity contribution in [3.63, 3.8) is 0 Å². The number of piperidine rings is 1. The summed E-state index contributed by atoms with van der Waals surface area (Å²) in [5.74, 6) is 1.26. The first-order chi connectivity index (χ1) is 15.5. The van der Waals surface area contributed by atoms with E-state index in [1.54, 1.807) is 28.2 Å². The fourth-order valence-electron chi connectivity index (χ4n) is 5.07. The normalized spacial score (nSPS) is 20.8. The molecule has 0 N–H and O–H groups in total. The SMILES string of the molecule is CC1CCCN(S(=O)(=O)c2ccc3c(c2)nc(SCc2ccccc2)n3C2CCCC2)C1. The molecule has 2 aromatic carbocycles. The highest BCUT2D eigenvalue weighted by molar-refractivity contribution is 7.98. The minimum Gasteiger partial charge on any atom is -0.316 e.